The van der Waals surface area contributed by atoms with Gasteiger partial charge >= 0.3 is 5.63 Å². The lowest BCUT2D eigenvalue weighted by Gasteiger charge is -2.12. The van der Waals surface area contributed by atoms with Crippen molar-refractivity contribution in [3.05, 3.63) is 56.4 Å². The van der Waals surface area contributed by atoms with E-state index in [0.29, 0.717) is 34.2 Å². The number of ether oxygens (including phenoxy) is 2. The number of phenolic OH excluding ortho intramolecular Hbond substituents is 1. The largest absolute Gasteiger partial charge is 1.00 e. The number of fused-ring (bicyclic) bond motifs is 3. The molecule has 8 heteroatoms. The molecule has 3 N–H and O–H groups in total. The predicted molar refractivity (Wildman–Crippen MR) is 106 cm³/mol. The molecule has 0 saturated carbocycles. The number of hydrogen-bond acceptors (Lipinski definition) is 5. The second-order valence-corrected chi connectivity index (χ2v) is 7.18. The quantitative estimate of drug-likeness (QED) is 0.435. The second-order valence-electron chi connectivity index (χ2n) is 6.78. The number of quaternary nitrogens is 1. The average Bonchev–Trinajstić information content (AvgIpc) is 3.18. The molecule has 0 atom stereocenters. The Bertz CT molecular complexity index is 1130. The van der Waals surface area contributed by atoms with Crippen LogP contribution in [0.25, 0.3) is 11.0 Å². The summed E-state index contributed by atoms with van der Waals surface area (Å²) in [5, 5.41) is 13.7. The molecule has 1 heterocycles. The van der Waals surface area contributed by atoms with Gasteiger partial charge in [0.05, 0.1) is 24.8 Å². The summed E-state index contributed by atoms with van der Waals surface area (Å²) in [4.78, 5) is 12.4. The Morgan fingerprint density at radius 3 is 2.59 bits per heavy atom. The normalized spacial score (nSPS) is 12.5. The SMILES string of the molecule is COc1cc([NH2+]Cc2c(O)ccc3c4c(c(=O)oc23)CCC4)c(OC)cc1Cl.[Cl-]. The van der Waals surface area contributed by atoms with Crippen molar-refractivity contribution in [1.29, 1.82) is 0 Å². The van der Waals surface area contributed by atoms with Gasteiger partial charge in [0.2, 0.25) is 0 Å². The third-order valence-electron chi connectivity index (χ3n) is 5.25. The summed E-state index contributed by atoms with van der Waals surface area (Å²) < 4.78 is 16.3. The summed E-state index contributed by atoms with van der Waals surface area (Å²) in [5.74, 6) is 1.21. The van der Waals surface area contributed by atoms with E-state index in [9.17, 15) is 9.90 Å². The lowest BCUT2D eigenvalue weighted by Crippen LogP contribution is -3.00. The van der Waals surface area contributed by atoms with Crippen LogP contribution in [0.3, 0.4) is 0 Å². The lowest BCUT2D eigenvalue weighted by atomic mass is 10.0. The van der Waals surface area contributed by atoms with Gasteiger partial charge in [-0.3, -0.25) is 0 Å². The standard InChI is InChI=1S/C21H20ClNO5.ClH/c1-26-18-9-16(19(27-2)8-15(18)22)23-10-14-17(24)7-6-12-11-4-3-5-13(11)21(25)28-20(12)14;/h6-9,23-24H,3-5,10H2,1-2H3;1H. The first-order valence-electron chi connectivity index (χ1n) is 9.07. The average molecular weight is 438 g/mol. The van der Waals surface area contributed by atoms with Crippen molar-refractivity contribution < 1.29 is 36.7 Å². The van der Waals surface area contributed by atoms with E-state index in [1.54, 1.807) is 32.4 Å². The predicted octanol–water partition coefficient (Wildman–Crippen LogP) is 0.0570. The zero-order valence-electron chi connectivity index (χ0n) is 16.1. The fraction of sp³-hybridized carbons (Fsp3) is 0.286. The monoisotopic (exact) mass is 437 g/mol. The molecule has 1 aromatic heterocycles. The molecular formula is C21H21Cl2NO5. The van der Waals surface area contributed by atoms with E-state index in [2.05, 4.69) is 0 Å². The third kappa shape index (κ3) is 3.75. The number of hydrogen-bond donors (Lipinski definition) is 2. The molecule has 0 bridgehead atoms. The topological polar surface area (TPSA) is 85.5 Å². The number of nitrogens with two attached hydrogens (primary N) is 1. The van der Waals surface area contributed by atoms with Crippen molar-refractivity contribution in [1.82, 2.24) is 0 Å². The van der Waals surface area contributed by atoms with Crippen LogP contribution < -0.4 is 32.8 Å². The highest BCUT2D eigenvalue weighted by molar-refractivity contribution is 6.32. The van der Waals surface area contributed by atoms with E-state index in [4.69, 9.17) is 25.5 Å². The van der Waals surface area contributed by atoms with Gasteiger partial charge in [-0.15, -0.1) is 0 Å². The van der Waals surface area contributed by atoms with Crippen LogP contribution in [0.5, 0.6) is 17.2 Å². The highest BCUT2D eigenvalue weighted by Crippen LogP contribution is 2.35. The number of methoxy groups -OCH3 is 2. The number of halogens is 2. The number of aromatic hydroxyl groups is 1. The fourth-order valence-electron chi connectivity index (χ4n) is 3.85. The minimum absolute atomic E-state index is 0. The molecule has 3 aromatic rings. The third-order valence-corrected chi connectivity index (χ3v) is 5.55. The van der Waals surface area contributed by atoms with Crippen LogP contribution in [0.4, 0.5) is 5.69 Å². The summed E-state index contributed by atoms with van der Waals surface area (Å²) in [7, 11) is 3.11. The van der Waals surface area contributed by atoms with Crippen LogP contribution in [0.2, 0.25) is 5.02 Å². The van der Waals surface area contributed by atoms with Gasteiger partial charge < -0.3 is 36.7 Å². The van der Waals surface area contributed by atoms with Gasteiger partial charge in [-0.1, -0.05) is 11.6 Å². The Morgan fingerprint density at radius 2 is 1.86 bits per heavy atom. The Kier molecular flexibility index (Phi) is 6.27. The van der Waals surface area contributed by atoms with Crippen LogP contribution in [-0.2, 0) is 19.4 Å². The minimum Gasteiger partial charge on any atom is -1.00 e. The first kappa shape index (κ1) is 21.3. The molecular weight excluding hydrogens is 417 g/mol. The first-order chi connectivity index (χ1) is 13.5. The van der Waals surface area contributed by atoms with Crippen LogP contribution >= 0.6 is 11.6 Å². The maximum absolute atomic E-state index is 12.4. The maximum Gasteiger partial charge on any atom is 0.339 e. The van der Waals surface area contributed by atoms with Gasteiger partial charge in [-0.25, -0.2) is 4.79 Å². The molecule has 154 valence electrons. The first-order valence-corrected chi connectivity index (χ1v) is 9.45. The summed E-state index contributed by atoms with van der Waals surface area (Å²) >= 11 is 6.16. The van der Waals surface area contributed by atoms with Crippen LogP contribution in [0.15, 0.2) is 33.5 Å². The summed E-state index contributed by atoms with van der Waals surface area (Å²) in [5.41, 5.74) is 3.28. The van der Waals surface area contributed by atoms with Crippen LogP contribution in [0, 0.1) is 0 Å². The minimum atomic E-state index is -0.308. The van der Waals surface area contributed by atoms with Gasteiger partial charge in [0.25, 0.3) is 0 Å². The van der Waals surface area contributed by atoms with Crippen molar-refractivity contribution in [2.24, 2.45) is 0 Å². The zero-order valence-corrected chi connectivity index (χ0v) is 17.6. The zero-order chi connectivity index (χ0) is 19.8. The molecule has 1 aliphatic rings. The van der Waals surface area contributed by atoms with Crippen molar-refractivity contribution in [2.45, 2.75) is 25.8 Å². The fourth-order valence-corrected chi connectivity index (χ4v) is 4.08. The van der Waals surface area contributed by atoms with Crippen molar-refractivity contribution in [3.63, 3.8) is 0 Å². The molecule has 6 nitrogen and oxygen atoms in total. The van der Waals surface area contributed by atoms with E-state index in [1.807, 2.05) is 11.4 Å². The van der Waals surface area contributed by atoms with E-state index in [0.717, 1.165) is 41.5 Å². The highest BCUT2D eigenvalue weighted by Gasteiger charge is 2.23. The second kappa shape index (κ2) is 8.53. The molecule has 1 aliphatic carbocycles. The van der Waals surface area contributed by atoms with Crippen LogP contribution in [0.1, 0.15) is 23.1 Å². The maximum atomic E-state index is 12.4. The van der Waals surface area contributed by atoms with Crippen LogP contribution in [-0.4, -0.2) is 19.3 Å². The van der Waals surface area contributed by atoms with Crippen molar-refractivity contribution >= 4 is 28.3 Å². The highest BCUT2D eigenvalue weighted by atomic mass is 35.5. The Balaban J connectivity index is 0.00000240. The van der Waals surface area contributed by atoms with E-state index in [1.165, 1.54) is 0 Å². The van der Waals surface area contributed by atoms with E-state index in [-0.39, 0.29) is 23.8 Å². The molecule has 0 fully saturated rings. The van der Waals surface area contributed by atoms with Gasteiger partial charge in [0.1, 0.15) is 18.0 Å². The van der Waals surface area contributed by atoms with Gasteiger partial charge in [-0.05, 0) is 37.0 Å². The summed E-state index contributed by atoms with van der Waals surface area (Å²) in [6, 6.07) is 6.94. The van der Waals surface area contributed by atoms with Crippen molar-refractivity contribution in [3.8, 4) is 17.2 Å². The Hall–Kier alpha value is -2.41. The smallest absolute Gasteiger partial charge is 0.339 e. The Labute approximate surface area is 178 Å². The van der Waals surface area contributed by atoms with E-state index < -0.39 is 0 Å². The van der Waals surface area contributed by atoms with Gasteiger partial charge in [-0.2, -0.15) is 0 Å². The molecule has 0 saturated heterocycles. The summed E-state index contributed by atoms with van der Waals surface area (Å²) in [6.45, 7) is 0.353. The van der Waals surface area contributed by atoms with Crippen molar-refractivity contribution in [2.75, 3.05) is 14.2 Å². The molecule has 0 unspecified atom stereocenters. The Morgan fingerprint density at radius 1 is 1.14 bits per heavy atom. The number of benzene rings is 2. The lowest BCUT2D eigenvalue weighted by molar-refractivity contribution is -0.588. The molecule has 0 spiro atoms. The van der Waals surface area contributed by atoms with Gasteiger partial charge in [0, 0.05) is 23.1 Å². The summed E-state index contributed by atoms with van der Waals surface area (Å²) in [6.07, 6.45) is 2.55. The van der Waals surface area contributed by atoms with E-state index >= 15 is 0 Å². The molecule has 2 aromatic carbocycles. The molecule has 29 heavy (non-hydrogen) atoms. The number of rotatable bonds is 5. The number of aryl methyl sites for hydroxylation is 1. The number of phenols is 1. The van der Waals surface area contributed by atoms with Gasteiger partial charge in [0.15, 0.2) is 17.0 Å². The molecule has 0 radical (unpaired) electrons. The molecule has 4 rings (SSSR count). The molecule has 0 amide bonds. The molecule has 0 aliphatic heterocycles.